The quantitative estimate of drug-likeness (QED) is 0.892. The summed E-state index contributed by atoms with van der Waals surface area (Å²) in [6.45, 7) is 3.40. The maximum Gasteiger partial charge on any atom is 0.175 e. The molecule has 1 aromatic rings. The lowest BCUT2D eigenvalue weighted by Crippen LogP contribution is -2.19. The van der Waals surface area contributed by atoms with E-state index in [0.717, 1.165) is 21.5 Å². The van der Waals surface area contributed by atoms with Gasteiger partial charge in [0.25, 0.3) is 0 Å². The van der Waals surface area contributed by atoms with E-state index < -0.39 is 0 Å². The average molecular weight is 316 g/mol. The van der Waals surface area contributed by atoms with Crippen molar-refractivity contribution in [2.75, 3.05) is 19.8 Å². The minimum atomic E-state index is -0.370. The summed E-state index contributed by atoms with van der Waals surface area (Å²) < 4.78 is 12.0. The summed E-state index contributed by atoms with van der Waals surface area (Å²) in [5.41, 5.74) is 6.85. The van der Waals surface area contributed by atoms with Crippen molar-refractivity contribution in [2.45, 2.75) is 25.4 Å². The lowest BCUT2D eigenvalue weighted by Gasteiger charge is -2.23. The van der Waals surface area contributed by atoms with Crippen molar-refractivity contribution in [3.8, 4) is 11.5 Å². The molecule has 0 amide bonds. The summed E-state index contributed by atoms with van der Waals surface area (Å²) in [4.78, 5) is 0. The van der Waals surface area contributed by atoms with Gasteiger partial charge in [0, 0.05) is 0 Å². The Labute approximate surface area is 115 Å². The van der Waals surface area contributed by atoms with Crippen LogP contribution in [-0.2, 0) is 0 Å². The molecular weight excluding hydrogens is 298 g/mol. The van der Waals surface area contributed by atoms with E-state index in [0.29, 0.717) is 26.2 Å². The van der Waals surface area contributed by atoms with Gasteiger partial charge in [-0.15, -0.1) is 0 Å². The Morgan fingerprint density at radius 3 is 2.78 bits per heavy atom. The maximum absolute atomic E-state index is 9.50. The third-order valence-corrected chi connectivity index (χ3v) is 3.59. The van der Waals surface area contributed by atoms with Crippen molar-refractivity contribution >= 4 is 15.9 Å². The number of benzene rings is 1. The standard InChI is InChI=1S/C13H18BrNO3/c1-8(16)4-10(7-15)9-5-11(14)13-12(6-9)17-2-3-18-13/h5-6,8,10,16H,2-4,7,15H2,1H3. The summed E-state index contributed by atoms with van der Waals surface area (Å²) in [6, 6.07) is 3.95. The normalized spacial score (nSPS) is 17.3. The molecule has 2 rings (SSSR count). The number of nitrogens with two attached hydrogens (primary N) is 1. The Morgan fingerprint density at radius 2 is 2.11 bits per heavy atom. The van der Waals surface area contributed by atoms with Crippen LogP contribution < -0.4 is 15.2 Å². The topological polar surface area (TPSA) is 64.7 Å². The highest BCUT2D eigenvalue weighted by Gasteiger charge is 2.20. The zero-order chi connectivity index (χ0) is 13.1. The molecule has 0 aliphatic carbocycles. The number of fused-ring (bicyclic) bond motifs is 1. The summed E-state index contributed by atoms with van der Waals surface area (Å²) in [6.07, 6.45) is 0.272. The SMILES string of the molecule is CC(O)CC(CN)c1cc(Br)c2c(c1)OCCO2. The first kappa shape index (κ1) is 13.6. The number of aliphatic hydroxyl groups is 1. The monoisotopic (exact) mass is 315 g/mol. The van der Waals surface area contributed by atoms with Crippen LogP contribution in [0, 0.1) is 0 Å². The Morgan fingerprint density at radius 1 is 1.39 bits per heavy atom. The van der Waals surface area contributed by atoms with Crippen LogP contribution in [0.15, 0.2) is 16.6 Å². The minimum Gasteiger partial charge on any atom is -0.486 e. The van der Waals surface area contributed by atoms with Gasteiger partial charge < -0.3 is 20.3 Å². The fourth-order valence-corrected chi connectivity index (χ4v) is 2.72. The van der Waals surface area contributed by atoms with E-state index in [1.807, 2.05) is 12.1 Å². The Kier molecular flexibility index (Phi) is 4.48. The third-order valence-electron chi connectivity index (χ3n) is 3.00. The molecule has 5 heteroatoms. The predicted molar refractivity (Wildman–Crippen MR) is 73.2 cm³/mol. The Hall–Kier alpha value is -0.780. The molecule has 0 saturated heterocycles. The summed E-state index contributed by atoms with van der Waals surface area (Å²) in [5.74, 6) is 1.62. The second-order valence-corrected chi connectivity index (χ2v) is 5.40. The van der Waals surface area contributed by atoms with Crippen molar-refractivity contribution in [2.24, 2.45) is 5.73 Å². The van der Waals surface area contributed by atoms with E-state index >= 15 is 0 Å². The van der Waals surface area contributed by atoms with Crippen molar-refractivity contribution in [3.05, 3.63) is 22.2 Å². The molecule has 1 aliphatic heterocycles. The molecule has 1 aromatic carbocycles. The molecule has 0 aromatic heterocycles. The van der Waals surface area contributed by atoms with Crippen molar-refractivity contribution in [1.29, 1.82) is 0 Å². The van der Waals surface area contributed by atoms with Gasteiger partial charge in [0.2, 0.25) is 0 Å². The first-order chi connectivity index (χ1) is 8.61. The van der Waals surface area contributed by atoms with Gasteiger partial charge >= 0.3 is 0 Å². The Balaban J connectivity index is 2.30. The number of hydrogen-bond donors (Lipinski definition) is 2. The van der Waals surface area contributed by atoms with Crippen LogP contribution in [0.25, 0.3) is 0 Å². The first-order valence-electron chi connectivity index (χ1n) is 6.09. The number of rotatable bonds is 4. The van der Waals surface area contributed by atoms with Crippen molar-refractivity contribution in [3.63, 3.8) is 0 Å². The molecule has 2 unspecified atom stereocenters. The lowest BCUT2D eigenvalue weighted by molar-refractivity contribution is 0.168. The molecular formula is C13H18BrNO3. The van der Waals surface area contributed by atoms with Gasteiger partial charge in [-0.2, -0.15) is 0 Å². The maximum atomic E-state index is 9.50. The van der Waals surface area contributed by atoms with Gasteiger partial charge in [-0.05, 0) is 59.4 Å². The van der Waals surface area contributed by atoms with E-state index in [-0.39, 0.29) is 12.0 Å². The molecule has 0 saturated carbocycles. The third kappa shape index (κ3) is 2.96. The van der Waals surface area contributed by atoms with Gasteiger partial charge in [-0.3, -0.25) is 0 Å². The number of ether oxygens (including phenoxy) is 2. The van der Waals surface area contributed by atoms with Crippen LogP contribution in [0.5, 0.6) is 11.5 Å². The van der Waals surface area contributed by atoms with Gasteiger partial charge in [0.1, 0.15) is 13.2 Å². The predicted octanol–water partition coefficient (Wildman–Crippen LogP) is 2.03. The highest BCUT2D eigenvalue weighted by atomic mass is 79.9. The summed E-state index contributed by atoms with van der Waals surface area (Å²) in [7, 11) is 0. The number of halogens is 1. The number of hydrogen-bond acceptors (Lipinski definition) is 4. The van der Waals surface area contributed by atoms with E-state index in [2.05, 4.69) is 15.9 Å². The first-order valence-corrected chi connectivity index (χ1v) is 6.88. The van der Waals surface area contributed by atoms with Crippen LogP contribution in [0.3, 0.4) is 0 Å². The van der Waals surface area contributed by atoms with Crippen molar-refractivity contribution in [1.82, 2.24) is 0 Å². The van der Waals surface area contributed by atoms with E-state index in [4.69, 9.17) is 15.2 Å². The van der Waals surface area contributed by atoms with Crippen LogP contribution in [0.1, 0.15) is 24.8 Å². The molecule has 1 heterocycles. The molecule has 3 N–H and O–H groups in total. The van der Waals surface area contributed by atoms with Crippen molar-refractivity contribution < 1.29 is 14.6 Å². The van der Waals surface area contributed by atoms with Crippen LogP contribution >= 0.6 is 15.9 Å². The number of aliphatic hydroxyl groups excluding tert-OH is 1. The highest BCUT2D eigenvalue weighted by molar-refractivity contribution is 9.10. The fourth-order valence-electron chi connectivity index (χ4n) is 2.15. The van der Waals surface area contributed by atoms with Gasteiger partial charge in [-0.1, -0.05) is 0 Å². The van der Waals surface area contributed by atoms with Gasteiger partial charge in [0.05, 0.1) is 10.6 Å². The summed E-state index contributed by atoms with van der Waals surface area (Å²) in [5, 5.41) is 9.50. The Bertz CT molecular complexity index is 423. The highest BCUT2D eigenvalue weighted by Crippen LogP contribution is 2.40. The fraction of sp³-hybridized carbons (Fsp3) is 0.538. The lowest BCUT2D eigenvalue weighted by atomic mass is 9.93. The average Bonchev–Trinajstić information content (AvgIpc) is 2.35. The van der Waals surface area contributed by atoms with Gasteiger partial charge in [0.15, 0.2) is 11.5 Å². The van der Waals surface area contributed by atoms with Crippen LogP contribution in [0.4, 0.5) is 0 Å². The molecule has 0 bridgehead atoms. The zero-order valence-electron chi connectivity index (χ0n) is 10.4. The van der Waals surface area contributed by atoms with E-state index in [1.165, 1.54) is 0 Å². The molecule has 18 heavy (non-hydrogen) atoms. The largest absolute Gasteiger partial charge is 0.486 e. The molecule has 4 nitrogen and oxygen atoms in total. The molecule has 0 radical (unpaired) electrons. The smallest absolute Gasteiger partial charge is 0.175 e. The van der Waals surface area contributed by atoms with E-state index in [1.54, 1.807) is 6.92 Å². The molecule has 1 aliphatic rings. The second kappa shape index (κ2) is 5.91. The summed E-state index contributed by atoms with van der Waals surface area (Å²) >= 11 is 3.49. The second-order valence-electron chi connectivity index (χ2n) is 4.54. The molecule has 2 atom stereocenters. The molecule has 0 fully saturated rings. The van der Waals surface area contributed by atoms with Crippen LogP contribution in [0.2, 0.25) is 0 Å². The zero-order valence-corrected chi connectivity index (χ0v) is 11.9. The van der Waals surface area contributed by atoms with Crippen LogP contribution in [-0.4, -0.2) is 31.0 Å². The van der Waals surface area contributed by atoms with Gasteiger partial charge in [-0.25, -0.2) is 0 Å². The molecule has 0 spiro atoms. The minimum absolute atomic E-state index is 0.122. The molecule has 100 valence electrons. The van der Waals surface area contributed by atoms with E-state index in [9.17, 15) is 5.11 Å².